The van der Waals surface area contributed by atoms with Crippen LogP contribution in [0.3, 0.4) is 0 Å². The van der Waals surface area contributed by atoms with Crippen molar-refractivity contribution >= 4 is 24.3 Å². The first-order valence-electron chi connectivity index (χ1n) is 13.1. The molecule has 1 heterocycles. The summed E-state index contributed by atoms with van der Waals surface area (Å²) in [6.45, 7) is 3.42. The lowest BCUT2D eigenvalue weighted by Crippen LogP contribution is -2.38. The zero-order valence-corrected chi connectivity index (χ0v) is 20.3. The lowest BCUT2D eigenvalue weighted by Gasteiger charge is -2.26. The third kappa shape index (κ3) is 7.14. The smallest absolute Gasteiger partial charge is 0.252 e. The highest BCUT2D eigenvalue weighted by molar-refractivity contribution is 5.99. The molecule has 1 atom stereocenters. The van der Waals surface area contributed by atoms with Crippen LogP contribution in [0.5, 0.6) is 0 Å². The van der Waals surface area contributed by atoms with Gasteiger partial charge in [0, 0.05) is 12.1 Å². The van der Waals surface area contributed by atoms with Gasteiger partial charge in [-0.05, 0) is 61.0 Å². The van der Waals surface area contributed by atoms with E-state index < -0.39 is 6.04 Å². The van der Waals surface area contributed by atoms with Crippen LogP contribution in [0.4, 0.5) is 0 Å². The Balaban J connectivity index is 1.37. The molecule has 0 spiro atoms. The molecule has 2 aromatic rings. The molecule has 1 amide bonds. The van der Waals surface area contributed by atoms with Crippen LogP contribution in [0.15, 0.2) is 48.5 Å². The fraction of sp³-hybridized carbons (Fsp3) is 0.467. The van der Waals surface area contributed by atoms with Crippen molar-refractivity contribution in [3.63, 3.8) is 0 Å². The fourth-order valence-electron chi connectivity index (χ4n) is 5.32. The van der Waals surface area contributed by atoms with Crippen LogP contribution in [-0.2, 0) is 11.3 Å². The van der Waals surface area contributed by atoms with E-state index in [1.54, 1.807) is 0 Å². The van der Waals surface area contributed by atoms with Crippen molar-refractivity contribution in [1.82, 2.24) is 10.2 Å². The number of hydrogen-bond acceptors (Lipinski definition) is 3. The van der Waals surface area contributed by atoms with E-state index in [0.29, 0.717) is 11.5 Å². The summed E-state index contributed by atoms with van der Waals surface area (Å²) in [4.78, 5) is 27.2. The number of hydrogen-bond donors (Lipinski definition) is 1. The molecule has 0 radical (unpaired) electrons. The molecule has 2 aliphatic rings. The summed E-state index contributed by atoms with van der Waals surface area (Å²) < 4.78 is 0. The predicted molar refractivity (Wildman–Crippen MR) is 139 cm³/mol. The van der Waals surface area contributed by atoms with Crippen molar-refractivity contribution in [1.29, 1.82) is 0 Å². The second kappa shape index (κ2) is 12.7. The van der Waals surface area contributed by atoms with Crippen molar-refractivity contribution in [2.24, 2.45) is 5.92 Å². The van der Waals surface area contributed by atoms with Gasteiger partial charge in [-0.25, -0.2) is 0 Å². The number of aldehydes is 1. The molecule has 2 fully saturated rings. The number of carbonyl (C=O) groups excluding carboxylic acids is 2. The molecule has 4 heteroatoms. The van der Waals surface area contributed by atoms with Gasteiger partial charge in [0.15, 0.2) is 0 Å². The lowest BCUT2D eigenvalue weighted by molar-refractivity contribution is -0.109. The topological polar surface area (TPSA) is 49.4 Å². The minimum absolute atomic E-state index is 0.176. The SMILES string of the molecule is O=CC(CC1CCCCC1)NC(=O)c1ccccc1C=Cc1ccc(CN2CCCCC2)cc1. The van der Waals surface area contributed by atoms with Crippen LogP contribution in [0, 0.1) is 5.92 Å². The maximum absolute atomic E-state index is 13.0. The standard InChI is InChI=1S/C30H38N2O2/c33-23-28(21-25-9-3-1-4-10-25)31-30(34)29-12-6-5-11-27(29)18-17-24-13-15-26(16-14-24)22-32-19-7-2-8-20-32/h5-6,11-18,23,25,28H,1-4,7-10,19-22H2,(H,31,34). The predicted octanol–water partition coefficient (Wildman–Crippen LogP) is 6.11. The number of nitrogens with zero attached hydrogens (tertiary/aromatic N) is 1. The summed E-state index contributed by atoms with van der Waals surface area (Å²) in [5.41, 5.74) is 3.92. The molecule has 34 heavy (non-hydrogen) atoms. The number of benzene rings is 2. The Kier molecular flexibility index (Phi) is 9.09. The Bertz CT molecular complexity index is 954. The summed E-state index contributed by atoms with van der Waals surface area (Å²) in [6, 6.07) is 15.9. The molecule has 2 aromatic carbocycles. The second-order valence-electron chi connectivity index (χ2n) is 9.95. The third-order valence-electron chi connectivity index (χ3n) is 7.29. The van der Waals surface area contributed by atoms with Crippen molar-refractivity contribution in [2.45, 2.75) is 70.4 Å². The number of amides is 1. The van der Waals surface area contributed by atoms with Crippen LogP contribution < -0.4 is 5.32 Å². The Morgan fingerprint density at radius 2 is 1.62 bits per heavy atom. The number of piperidine rings is 1. The van der Waals surface area contributed by atoms with Gasteiger partial charge in [-0.1, -0.05) is 93.1 Å². The molecular weight excluding hydrogens is 420 g/mol. The van der Waals surface area contributed by atoms with Gasteiger partial charge in [0.25, 0.3) is 5.91 Å². The molecule has 4 nitrogen and oxygen atoms in total. The summed E-state index contributed by atoms with van der Waals surface area (Å²) in [5.74, 6) is 0.363. The van der Waals surface area contributed by atoms with Crippen molar-refractivity contribution < 1.29 is 9.59 Å². The largest absolute Gasteiger partial charge is 0.343 e. The van der Waals surface area contributed by atoms with E-state index in [2.05, 4.69) is 40.6 Å². The highest BCUT2D eigenvalue weighted by atomic mass is 16.2. The molecular formula is C30H38N2O2. The minimum Gasteiger partial charge on any atom is -0.343 e. The highest BCUT2D eigenvalue weighted by Crippen LogP contribution is 2.27. The number of rotatable bonds is 9. The van der Waals surface area contributed by atoms with Gasteiger partial charge in [-0.3, -0.25) is 9.69 Å². The molecule has 4 rings (SSSR count). The second-order valence-corrected chi connectivity index (χ2v) is 9.95. The van der Waals surface area contributed by atoms with Crippen molar-refractivity contribution in [3.05, 3.63) is 70.8 Å². The fourth-order valence-corrected chi connectivity index (χ4v) is 5.32. The number of likely N-dealkylation sites (tertiary alicyclic amines) is 1. The number of carbonyl (C=O) groups is 2. The minimum atomic E-state index is -0.417. The maximum Gasteiger partial charge on any atom is 0.252 e. The quantitative estimate of drug-likeness (QED) is 0.364. The molecule has 1 unspecified atom stereocenters. The average molecular weight is 459 g/mol. The normalized spacial score (nSPS) is 18.6. The summed E-state index contributed by atoms with van der Waals surface area (Å²) in [7, 11) is 0. The summed E-state index contributed by atoms with van der Waals surface area (Å²) in [6.07, 6.45) is 15.7. The summed E-state index contributed by atoms with van der Waals surface area (Å²) >= 11 is 0. The summed E-state index contributed by atoms with van der Waals surface area (Å²) in [5, 5.41) is 2.97. The van der Waals surface area contributed by atoms with Gasteiger partial charge in [-0.15, -0.1) is 0 Å². The van der Waals surface area contributed by atoms with Crippen LogP contribution in [-0.4, -0.2) is 36.2 Å². The van der Waals surface area contributed by atoms with E-state index >= 15 is 0 Å². The van der Waals surface area contributed by atoms with Gasteiger partial charge >= 0.3 is 0 Å². The zero-order valence-electron chi connectivity index (χ0n) is 20.3. The molecule has 180 valence electrons. The average Bonchev–Trinajstić information content (AvgIpc) is 2.89. The van der Waals surface area contributed by atoms with E-state index in [-0.39, 0.29) is 5.91 Å². The molecule has 1 saturated heterocycles. The Morgan fingerprint density at radius 3 is 2.35 bits per heavy atom. The van der Waals surface area contributed by atoms with Crippen LogP contribution in [0.2, 0.25) is 0 Å². The first-order chi connectivity index (χ1) is 16.7. The van der Waals surface area contributed by atoms with E-state index in [9.17, 15) is 9.59 Å². The van der Waals surface area contributed by atoms with E-state index in [0.717, 1.165) is 43.2 Å². The van der Waals surface area contributed by atoms with Crippen molar-refractivity contribution in [2.75, 3.05) is 13.1 Å². The van der Waals surface area contributed by atoms with Crippen LogP contribution >= 0.6 is 0 Å². The van der Waals surface area contributed by atoms with E-state index in [1.165, 1.54) is 57.2 Å². The van der Waals surface area contributed by atoms with Gasteiger partial charge in [0.05, 0.1) is 6.04 Å². The molecule has 1 aliphatic carbocycles. The number of nitrogens with one attached hydrogen (secondary N) is 1. The molecule has 1 aliphatic heterocycles. The highest BCUT2D eigenvalue weighted by Gasteiger charge is 2.21. The third-order valence-corrected chi connectivity index (χ3v) is 7.29. The van der Waals surface area contributed by atoms with Crippen molar-refractivity contribution in [3.8, 4) is 0 Å². The molecule has 1 saturated carbocycles. The molecule has 1 N–H and O–H groups in total. The Hall–Kier alpha value is -2.72. The van der Waals surface area contributed by atoms with Crippen LogP contribution in [0.25, 0.3) is 12.2 Å². The first-order valence-corrected chi connectivity index (χ1v) is 13.1. The van der Waals surface area contributed by atoms with Gasteiger partial charge in [0.1, 0.15) is 6.29 Å². The monoisotopic (exact) mass is 458 g/mol. The van der Waals surface area contributed by atoms with Gasteiger partial charge in [-0.2, -0.15) is 0 Å². The first kappa shape index (κ1) is 24.4. The molecule has 0 bridgehead atoms. The zero-order chi connectivity index (χ0) is 23.6. The van der Waals surface area contributed by atoms with Gasteiger partial charge in [0.2, 0.25) is 0 Å². The van der Waals surface area contributed by atoms with E-state index in [1.807, 2.05) is 30.3 Å². The van der Waals surface area contributed by atoms with E-state index in [4.69, 9.17) is 0 Å². The van der Waals surface area contributed by atoms with Gasteiger partial charge < -0.3 is 10.1 Å². The maximum atomic E-state index is 13.0. The molecule has 0 aromatic heterocycles. The Morgan fingerprint density at radius 1 is 0.912 bits per heavy atom. The lowest BCUT2D eigenvalue weighted by atomic mass is 9.85. The Labute approximate surface area is 204 Å². The van der Waals surface area contributed by atoms with Crippen LogP contribution in [0.1, 0.15) is 84.8 Å².